The van der Waals surface area contributed by atoms with Gasteiger partial charge in [-0.3, -0.25) is 4.79 Å². The van der Waals surface area contributed by atoms with Crippen LogP contribution in [-0.4, -0.2) is 37.1 Å². The zero-order chi connectivity index (χ0) is 21.0. The maximum absolute atomic E-state index is 12.3. The molecule has 156 valence electrons. The molecule has 3 rings (SSSR count). The number of carbonyl (C=O) groups is 2. The van der Waals surface area contributed by atoms with Gasteiger partial charge in [0.1, 0.15) is 5.75 Å². The van der Waals surface area contributed by atoms with E-state index in [1.54, 1.807) is 41.5 Å². The number of hydrogen-bond acceptors (Lipinski definition) is 5. The number of ether oxygens (including phenoxy) is 1. The molecule has 0 spiro atoms. The number of nitrogens with zero attached hydrogens (tertiary/aromatic N) is 2. The van der Waals surface area contributed by atoms with Crippen molar-refractivity contribution in [3.8, 4) is 5.75 Å². The highest BCUT2D eigenvalue weighted by Crippen LogP contribution is 2.34. The van der Waals surface area contributed by atoms with Crippen molar-refractivity contribution in [3.63, 3.8) is 0 Å². The smallest absolute Gasteiger partial charge is 0.319 e. The van der Waals surface area contributed by atoms with Crippen LogP contribution in [0, 0.1) is 0 Å². The number of rotatable bonds is 6. The Kier molecular flexibility index (Phi) is 6.42. The molecule has 7 nitrogen and oxygen atoms in total. The second kappa shape index (κ2) is 8.82. The molecule has 3 amide bonds. The summed E-state index contributed by atoms with van der Waals surface area (Å²) in [6, 6.07) is 5.01. The number of benzene rings is 1. The summed E-state index contributed by atoms with van der Waals surface area (Å²) in [4.78, 5) is 30.7. The van der Waals surface area contributed by atoms with Gasteiger partial charge in [0.2, 0.25) is 5.91 Å². The topological polar surface area (TPSA) is 83.6 Å². The Morgan fingerprint density at radius 3 is 2.76 bits per heavy atom. The summed E-state index contributed by atoms with van der Waals surface area (Å²) in [5.41, 5.74) is 2.40. The molecule has 1 aromatic heterocycles. The van der Waals surface area contributed by atoms with Crippen molar-refractivity contribution in [1.29, 1.82) is 0 Å². The van der Waals surface area contributed by atoms with E-state index >= 15 is 0 Å². The fourth-order valence-corrected chi connectivity index (χ4v) is 4.13. The van der Waals surface area contributed by atoms with Crippen LogP contribution in [-0.2, 0) is 16.6 Å². The monoisotopic (exact) mass is 416 g/mol. The Hall–Kier alpha value is -2.61. The van der Waals surface area contributed by atoms with Crippen LogP contribution in [0.4, 0.5) is 16.2 Å². The van der Waals surface area contributed by atoms with Crippen molar-refractivity contribution < 1.29 is 14.3 Å². The predicted molar refractivity (Wildman–Crippen MR) is 116 cm³/mol. The molecule has 1 aromatic carbocycles. The van der Waals surface area contributed by atoms with Crippen LogP contribution >= 0.6 is 11.3 Å². The number of carbonyl (C=O) groups excluding carboxylic acids is 2. The van der Waals surface area contributed by atoms with Gasteiger partial charge in [-0.15, -0.1) is 11.3 Å². The SMILES string of the molecule is COc1ccc(NC(=O)NCCc2nc(C(C)(C)C)cs2)cc1N1CCCC1=O. The third-order valence-electron chi connectivity index (χ3n) is 4.75. The number of nitrogens with one attached hydrogen (secondary N) is 2. The Balaban J connectivity index is 1.56. The largest absolute Gasteiger partial charge is 0.495 e. The molecule has 2 aromatic rings. The van der Waals surface area contributed by atoms with Crippen molar-refractivity contribution >= 4 is 34.6 Å². The summed E-state index contributed by atoms with van der Waals surface area (Å²) in [5.74, 6) is 0.688. The normalized spacial score (nSPS) is 14.2. The Morgan fingerprint density at radius 2 is 2.14 bits per heavy atom. The predicted octanol–water partition coefficient (Wildman–Crippen LogP) is 3.94. The molecule has 1 saturated heterocycles. The summed E-state index contributed by atoms with van der Waals surface area (Å²) in [5, 5.41) is 8.77. The number of anilines is 2. The van der Waals surface area contributed by atoms with E-state index in [-0.39, 0.29) is 17.4 Å². The molecule has 2 heterocycles. The lowest BCUT2D eigenvalue weighted by atomic mass is 9.93. The number of aromatic nitrogens is 1. The first-order valence-corrected chi connectivity index (χ1v) is 10.6. The van der Waals surface area contributed by atoms with E-state index in [4.69, 9.17) is 4.74 Å². The maximum Gasteiger partial charge on any atom is 0.319 e. The van der Waals surface area contributed by atoms with E-state index in [2.05, 4.69) is 41.8 Å². The van der Waals surface area contributed by atoms with E-state index in [1.807, 2.05) is 0 Å². The number of amides is 3. The van der Waals surface area contributed by atoms with Crippen molar-refractivity contribution in [3.05, 3.63) is 34.3 Å². The van der Waals surface area contributed by atoms with Gasteiger partial charge in [-0.05, 0) is 24.6 Å². The highest BCUT2D eigenvalue weighted by Gasteiger charge is 2.25. The molecule has 0 atom stereocenters. The average Bonchev–Trinajstić information content (AvgIpc) is 3.30. The number of methoxy groups -OCH3 is 1. The lowest BCUT2D eigenvalue weighted by Crippen LogP contribution is -2.30. The second-order valence-corrected chi connectivity index (χ2v) is 8.99. The molecule has 1 aliphatic rings. The number of hydrogen-bond donors (Lipinski definition) is 2. The molecule has 0 saturated carbocycles. The summed E-state index contributed by atoms with van der Waals surface area (Å²) in [6.07, 6.45) is 2.05. The van der Waals surface area contributed by atoms with Gasteiger partial charge in [-0.2, -0.15) is 0 Å². The standard InChI is InChI=1S/C21H28N4O3S/c1-21(2,3)17-13-29-18(24-17)9-10-22-20(27)23-14-7-8-16(28-4)15(12-14)25-11-5-6-19(25)26/h7-8,12-13H,5-6,9-11H2,1-4H3,(H2,22,23,27). The average molecular weight is 417 g/mol. The fraction of sp³-hybridized carbons (Fsp3) is 0.476. The van der Waals surface area contributed by atoms with Crippen molar-refractivity contribution in [2.75, 3.05) is 30.4 Å². The highest BCUT2D eigenvalue weighted by molar-refractivity contribution is 7.09. The van der Waals surface area contributed by atoms with Crippen molar-refractivity contribution in [2.45, 2.75) is 45.4 Å². The van der Waals surface area contributed by atoms with Gasteiger partial charge in [-0.25, -0.2) is 9.78 Å². The summed E-state index contributed by atoms with van der Waals surface area (Å²) >= 11 is 1.62. The van der Waals surface area contributed by atoms with Gasteiger partial charge in [-0.1, -0.05) is 20.8 Å². The van der Waals surface area contributed by atoms with Gasteiger partial charge in [0.25, 0.3) is 0 Å². The zero-order valence-electron chi connectivity index (χ0n) is 17.4. The molecule has 1 aliphatic heterocycles. The maximum atomic E-state index is 12.3. The van der Waals surface area contributed by atoms with Gasteiger partial charge in [0, 0.05) is 42.4 Å². The fourth-order valence-electron chi connectivity index (χ4n) is 3.11. The Labute approximate surface area is 175 Å². The van der Waals surface area contributed by atoms with Gasteiger partial charge >= 0.3 is 6.03 Å². The van der Waals surface area contributed by atoms with E-state index in [1.165, 1.54) is 0 Å². The van der Waals surface area contributed by atoms with Crippen LogP contribution in [0.2, 0.25) is 0 Å². The lowest BCUT2D eigenvalue weighted by Gasteiger charge is -2.20. The Morgan fingerprint density at radius 1 is 1.34 bits per heavy atom. The minimum Gasteiger partial charge on any atom is -0.495 e. The van der Waals surface area contributed by atoms with Gasteiger partial charge < -0.3 is 20.3 Å². The van der Waals surface area contributed by atoms with Gasteiger partial charge in [0.15, 0.2) is 0 Å². The summed E-state index contributed by atoms with van der Waals surface area (Å²) in [7, 11) is 1.57. The Bertz CT molecular complexity index is 888. The minimum absolute atomic E-state index is 0.0301. The minimum atomic E-state index is -0.290. The van der Waals surface area contributed by atoms with Gasteiger partial charge in [0.05, 0.1) is 23.5 Å². The van der Waals surface area contributed by atoms with Crippen LogP contribution < -0.4 is 20.3 Å². The van der Waals surface area contributed by atoms with Crippen LogP contribution in [0.1, 0.15) is 44.3 Å². The molecule has 0 bridgehead atoms. The van der Waals surface area contributed by atoms with E-state index < -0.39 is 0 Å². The van der Waals surface area contributed by atoms with E-state index in [9.17, 15) is 9.59 Å². The number of urea groups is 1. The molecule has 2 N–H and O–H groups in total. The van der Waals surface area contributed by atoms with Crippen LogP contribution in [0.5, 0.6) is 5.75 Å². The third kappa shape index (κ3) is 5.26. The van der Waals surface area contributed by atoms with E-state index in [0.29, 0.717) is 43.1 Å². The molecule has 0 radical (unpaired) electrons. The lowest BCUT2D eigenvalue weighted by molar-refractivity contribution is -0.117. The molecule has 29 heavy (non-hydrogen) atoms. The highest BCUT2D eigenvalue weighted by atomic mass is 32.1. The van der Waals surface area contributed by atoms with E-state index in [0.717, 1.165) is 17.1 Å². The quantitative estimate of drug-likeness (QED) is 0.747. The molecule has 8 heteroatoms. The molecule has 0 aliphatic carbocycles. The van der Waals surface area contributed by atoms with Crippen LogP contribution in [0.3, 0.4) is 0 Å². The first-order chi connectivity index (χ1) is 13.8. The van der Waals surface area contributed by atoms with Crippen molar-refractivity contribution in [2.24, 2.45) is 0 Å². The van der Waals surface area contributed by atoms with Crippen LogP contribution in [0.15, 0.2) is 23.6 Å². The van der Waals surface area contributed by atoms with Crippen molar-refractivity contribution in [1.82, 2.24) is 10.3 Å². The first kappa shape index (κ1) is 21.1. The zero-order valence-corrected chi connectivity index (χ0v) is 18.2. The molecular formula is C21H28N4O3S. The summed E-state index contributed by atoms with van der Waals surface area (Å²) < 4.78 is 5.38. The van der Waals surface area contributed by atoms with Crippen LogP contribution in [0.25, 0.3) is 0 Å². The second-order valence-electron chi connectivity index (χ2n) is 8.04. The molecule has 0 unspecified atom stereocenters. The molecule has 1 fully saturated rings. The number of thiazole rings is 1. The first-order valence-electron chi connectivity index (χ1n) is 9.76. The third-order valence-corrected chi connectivity index (χ3v) is 5.65. The molecular weight excluding hydrogens is 388 g/mol. The summed E-state index contributed by atoms with van der Waals surface area (Å²) in [6.45, 7) is 7.56.